The highest BCUT2D eigenvalue weighted by Crippen LogP contribution is 2.24. The largest absolute Gasteiger partial charge is 0.467 e. The molecule has 0 saturated heterocycles. The number of hydrogen-bond acceptors (Lipinski definition) is 6. The number of fused-ring (bicyclic) bond motifs is 1. The van der Waals surface area contributed by atoms with E-state index in [9.17, 15) is 14.4 Å². The minimum Gasteiger partial charge on any atom is -0.467 e. The number of pyridine rings is 1. The van der Waals surface area contributed by atoms with Crippen molar-refractivity contribution in [2.24, 2.45) is 0 Å². The van der Waals surface area contributed by atoms with Gasteiger partial charge in [-0.3, -0.25) is 14.3 Å². The van der Waals surface area contributed by atoms with Gasteiger partial charge in [0.25, 0.3) is 5.91 Å². The Morgan fingerprint density at radius 3 is 2.42 bits per heavy atom. The number of methoxy groups -OCH3 is 1. The van der Waals surface area contributed by atoms with E-state index in [0.717, 1.165) is 5.39 Å². The van der Waals surface area contributed by atoms with Gasteiger partial charge in [0.2, 0.25) is 0 Å². The number of nitrogens with zero attached hydrogens (tertiary/aromatic N) is 2. The first kappa shape index (κ1) is 22.0. The maximum Gasteiger partial charge on any atom is 0.419 e. The van der Waals surface area contributed by atoms with Crippen molar-refractivity contribution in [3.8, 4) is 0 Å². The van der Waals surface area contributed by atoms with Crippen LogP contribution in [0.4, 0.5) is 4.79 Å². The number of carbonyl (C=O) groups is 3. The summed E-state index contributed by atoms with van der Waals surface area (Å²) in [5.41, 5.74) is 1.07. The van der Waals surface area contributed by atoms with Crippen molar-refractivity contribution in [2.75, 3.05) is 7.11 Å². The molecule has 0 radical (unpaired) electrons. The summed E-state index contributed by atoms with van der Waals surface area (Å²) >= 11 is 0. The number of amides is 1. The maximum atomic E-state index is 12.7. The van der Waals surface area contributed by atoms with Gasteiger partial charge < -0.3 is 14.8 Å². The van der Waals surface area contributed by atoms with Crippen LogP contribution in [0.15, 0.2) is 55.0 Å². The highest BCUT2D eigenvalue weighted by molar-refractivity contribution is 5.97. The third kappa shape index (κ3) is 5.28. The van der Waals surface area contributed by atoms with Crippen LogP contribution in [-0.2, 0) is 20.7 Å². The molecule has 8 heteroatoms. The first-order valence-corrected chi connectivity index (χ1v) is 9.80. The lowest BCUT2D eigenvalue weighted by Gasteiger charge is -2.19. The van der Waals surface area contributed by atoms with Gasteiger partial charge in [0.05, 0.1) is 12.6 Å². The molecule has 0 bridgehead atoms. The van der Waals surface area contributed by atoms with Crippen LogP contribution in [0.3, 0.4) is 0 Å². The average molecular weight is 423 g/mol. The third-order valence-electron chi connectivity index (χ3n) is 4.54. The van der Waals surface area contributed by atoms with Gasteiger partial charge in [-0.2, -0.15) is 0 Å². The van der Waals surface area contributed by atoms with Gasteiger partial charge in [-0.15, -0.1) is 0 Å². The normalized spacial score (nSPS) is 12.3. The molecule has 2 aromatic heterocycles. The molecule has 1 amide bonds. The fraction of sp³-hybridized carbons (Fsp3) is 0.304. The predicted octanol–water partition coefficient (Wildman–Crippen LogP) is 3.33. The van der Waals surface area contributed by atoms with Crippen molar-refractivity contribution in [1.29, 1.82) is 0 Å². The highest BCUT2D eigenvalue weighted by Gasteiger charge is 2.26. The number of ether oxygens (including phenoxy) is 2. The minimum absolute atomic E-state index is 0.139. The van der Waals surface area contributed by atoms with E-state index in [4.69, 9.17) is 9.47 Å². The van der Waals surface area contributed by atoms with Crippen molar-refractivity contribution < 1.29 is 23.9 Å². The number of benzene rings is 1. The number of aromatic nitrogens is 2. The molecule has 0 fully saturated rings. The molecular weight excluding hydrogens is 398 g/mol. The van der Waals surface area contributed by atoms with Gasteiger partial charge in [0.15, 0.2) is 0 Å². The Labute approximate surface area is 180 Å². The Morgan fingerprint density at radius 2 is 1.77 bits per heavy atom. The Bertz CT molecular complexity index is 1100. The van der Waals surface area contributed by atoms with Crippen LogP contribution >= 0.6 is 0 Å². The Kier molecular flexibility index (Phi) is 6.39. The first-order chi connectivity index (χ1) is 14.7. The smallest absolute Gasteiger partial charge is 0.419 e. The van der Waals surface area contributed by atoms with E-state index in [1.54, 1.807) is 45.2 Å². The molecule has 8 nitrogen and oxygen atoms in total. The van der Waals surface area contributed by atoms with Gasteiger partial charge in [-0.05, 0) is 44.5 Å². The van der Waals surface area contributed by atoms with Gasteiger partial charge in [-0.1, -0.05) is 18.2 Å². The Balaban J connectivity index is 1.92. The van der Waals surface area contributed by atoms with Crippen LogP contribution in [0.25, 0.3) is 10.9 Å². The second kappa shape index (κ2) is 8.99. The van der Waals surface area contributed by atoms with E-state index in [1.807, 2.05) is 18.2 Å². The highest BCUT2D eigenvalue weighted by atomic mass is 16.6. The molecule has 0 aliphatic rings. The Morgan fingerprint density at radius 1 is 1.10 bits per heavy atom. The lowest BCUT2D eigenvalue weighted by molar-refractivity contribution is -0.142. The number of nitrogens with one attached hydrogen (secondary N) is 1. The molecule has 3 aromatic rings. The molecule has 162 valence electrons. The fourth-order valence-electron chi connectivity index (χ4n) is 3.18. The zero-order valence-corrected chi connectivity index (χ0v) is 17.9. The van der Waals surface area contributed by atoms with Gasteiger partial charge in [-0.25, -0.2) is 9.59 Å². The number of esters is 1. The fourth-order valence-corrected chi connectivity index (χ4v) is 3.18. The van der Waals surface area contributed by atoms with Gasteiger partial charge >= 0.3 is 12.1 Å². The summed E-state index contributed by atoms with van der Waals surface area (Å²) in [6, 6.07) is 9.47. The predicted molar refractivity (Wildman–Crippen MR) is 115 cm³/mol. The molecule has 0 unspecified atom stereocenters. The van der Waals surface area contributed by atoms with Crippen molar-refractivity contribution in [3.63, 3.8) is 0 Å². The van der Waals surface area contributed by atoms with Crippen molar-refractivity contribution >= 4 is 28.9 Å². The summed E-state index contributed by atoms with van der Waals surface area (Å²) in [5.74, 6) is -1.01. The molecule has 1 aromatic carbocycles. The molecule has 0 aliphatic carbocycles. The quantitative estimate of drug-likeness (QED) is 0.632. The van der Waals surface area contributed by atoms with E-state index < -0.39 is 29.6 Å². The molecule has 31 heavy (non-hydrogen) atoms. The average Bonchev–Trinajstić information content (AvgIpc) is 3.11. The summed E-state index contributed by atoms with van der Waals surface area (Å²) in [7, 11) is 1.26. The molecule has 1 atom stereocenters. The Hall–Kier alpha value is -3.68. The van der Waals surface area contributed by atoms with E-state index in [-0.39, 0.29) is 6.42 Å². The van der Waals surface area contributed by atoms with Crippen molar-refractivity contribution in [1.82, 2.24) is 14.9 Å². The van der Waals surface area contributed by atoms with Crippen molar-refractivity contribution in [3.05, 3.63) is 66.1 Å². The molecule has 0 aliphatic heterocycles. The van der Waals surface area contributed by atoms with Crippen LogP contribution in [0.2, 0.25) is 0 Å². The maximum absolute atomic E-state index is 12.7. The van der Waals surface area contributed by atoms with Crippen LogP contribution in [0.5, 0.6) is 0 Å². The van der Waals surface area contributed by atoms with Crippen LogP contribution in [-0.4, -0.2) is 46.3 Å². The monoisotopic (exact) mass is 423 g/mol. The molecule has 0 saturated carbocycles. The second-order valence-electron chi connectivity index (χ2n) is 8.01. The van der Waals surface area contributed by atoms with E-state index in [0.29, 0.717) is 16.6 Å². The zero-order chi connectivity index (χ0) is 22.6. The lowest BCUT2D eigenvalue weighted by Crippen LogP contribution is -2.43. The topological polar surface area (TPSA) is 99.5 Å². The number of carbonyl (C=O) groups excluding carboxylic acids is 3. The van der Waals surface area contributed by atoms with Crippen LogP contribution in [0, 0.1) is 0 Å². The lowest BCUT2D eigenvalue weighted by atomic mass is 10.0. The summed E-state index contributed by atoms with van der Waals surface area (Å²) in [6.45, 7) is 5.37. The zero-order valence-electron chi connectivity index (χ0n) is 17.9. The van der Waals surface area contributed by atoms with Gasteiger partial charge in [0, 0.05) is 36.0 Å². The standard InChI is InChI=1S/C23H25N3O5/c1-23(2,3)31-22(29)26-14-16(17-7-5-6-8-19(17)26)13-18(21(28)30-4)25-20(27)15-9-11-24-12-10-15/h5-12,14,18H,13H2,1-4H3,(H,25,27)/t18-/m1/s1. The third-order valence-corrected chi connectivity index (χ3v) is 4.54. The summed E-state index contributed by atoms with van der Waals surface area (Å²) < 4.78 is 11.8. The minimum atomic E-state index is -0.941. The second-order valence-corrected chi connectivity index (χ2v) is 8.01. The molecule has 2 heterocycles. The first-order valence-electron chi connectivity index (χ1n) is 9.80. The van der Waals surface area contributed by atoms with E-state index >= 15 is 0 Å². The summed E-state index contributed by atoms with van der Waals surface area (Å²) in [6.07, 6.45) is 4.24. The van der Waals surface area contributed by atoms with Crippen LogP contribution < -0.4 is 5.32 Å². The van der Waals surface area contributed by atoms with Crippen molar-refractivity contribution in [2.45, 2.75) is 38.8 Å². The van der Waals surface area contributed by atoms with Crippen LogP contribution in [0.1, 0.15) is 36.7 Å². The van der Waals surface area contributed by atoms with Gasteiger partial charge in [0.1, 0.15) is 11.6 Å². The molecule has 1 N–H and O–H groups in total. The van der Waals surface area contributed by atoms with E-state index in [1.165, 1.54) is 24.1 Å². The summed E-state index contributed by atoms with van der Waals surface area (Å²) in [5, 5.41) is 3.49. The number of hydrogen-bond donors (Lipinski definition) is 1. The molecular formula is C23H25N3O5. The number of rotatable bonds is 5. The molecule has 3 rings (SSSR count). The SMILES string of the molecule is COC(=O)[C@@H](Cc1cn(C(=O)OC(C)(C)C)c2ccccc12)NC(=O)c1ccncc1. The van der Waals surface area contributed by atoms with E-state index in [2.05, 4.69) is 10.3 Å². The summed E-state index contributed by atoms with van der Waals surface area (Å²) in [4.78, 5) is 41.6. The molecule has 0 spiro atoms. The number of para-hydroxylation sites is 1.